The van der Waals surface area contributed by atoms with Crippen LogP contribution in [0.5, 0.6) is 0 Å². The third-order valence-corrected chi connectivity index (χ3v) is 2.17. The van der Waals surface area contributed by atoms with Crippen LogP contribution in [0.3, 0.4) is 0 Å². The minimum Gasteiger partial charge on any atom is -0.360 e. The van der Waals surface area contributed by atoms with Crippen molar-refractivity contribution in [2.24, 2.45) is 4.99 Å². The van der Waals surface area contributed by atoms with E-state index in [2.05, 4.69) is 9.98 Å². The zero-order chi connectivity index (χ0) is 12.3. The second-order valence-corrected chi connectivity index (χ2v) is 3.40. The highest BCUT2D eigenvalue weighted by Gasteiger charge is 2.32. The monoisotopic (exact) mass is 238 g/mol. The number of hydrogen-bond donors (Lipinski definition) is 1. The first-order valence-corrected chi connectivity index (χ1v) is 4.91. The molecule has 0 aliphatic heterocycles. The molecule has 0 radical (unpaired) electrons. The van der Waals surface area contributed by atoms with Gasteiger partial charge in [0.05, 0.1) is 23.2 Å². The van der Waals surface area contributed by atoms with Crippen LogP contribution in [0.15, 0.2) is 47.6 Å². The van der Waals surface area contributed by atoms with E-state index in [9.17, 15) is 13.2 Å². The Bertz CT molecular complexity index is 513. The second kappa shape index (κ2) is 4.45. The molecule has 2 nitrogen and oxygen atoms in total. The summed E-state index contributed by atoms with van der Waals surface area (Å²) in [7, 11) is 0. The normalized spacial score (nSPS) is 12.2. The van der Waals surface area contributed by atoms with E-state index in [1.165, 1.54) is 24.4 Å². The largest absolute Gasteiger partial charge is 0.418 e. The van der Waals surface area contributed by atoms with Gasteiger partial charge < -0.3 is 4.98 Å². The summed E-state index contributed by atoms with van der Waals surface area (Å²) >= 11 is 0. The highest BCUT2D eigenvalue weighted by molar-refractivity contribution is 5.80. The fraction of sp³-hybridized carbons (Fsp3) is 0.0833. The molecule has 88 valence electrons. The van der Waals surface area contributed by atoms with Crippen LogP contribution < -0.4 is 0 Å². The molecule has 0 spiro atoms. The third-order valence-electron chi connectivity index (χ3n) is 2.17. The molecular weight excluding hydrogens is 229 g/mol. The van der Waals surface area contributed by atoms with E-state index in [1.807, 2.05) is 0 Å². The van der Waals surface area contributed by atoms with Gasteiger partial charge >= 0.3 is 6.18 Å². The van der Waals surface area contributed by atoms with Crippen LogP contribution in [-0.2, 0) is 6.18 Å². The number of halogens is 3. The number of benzene rings is 1. The highest BCUT2D eigenvalue weighted by atomic mass is 19.4. The van der Waals surface area contributed by atoms with E-state index in [4.69, 9.17) is 0 Å². The lowest BCUT2D eigenvalue weighted by atomic mass is 10.2. The first-order chi connectivity index (χ1) is 8.07. The Kier molecular flexibility index (Phi) is 2.99. The maximum absolute atomic E-state index is 12.6. The average Bonchev–Trinajstić information content (AvgIpc) is 2.78. The molecule has 0 saturated heterocycles. The van der Waals surface area contributed by atoms with E-state index < -0.39 is 11.7 Å². The van der Waals surface area contributed by atoms with E-state index in [-0.39, 0.29) is 5.69 Å². The van der Waals surface area contributed by atoms with Crippen molar-refractivity contribution in [3.8, 4) is 0 Å². The number of aromatic nitrogens is 1. The quantitative estimate of drug-likeness (QED) is 0.771. The molecule has 0 unspecified atom stereocenters. The van der Waals surface area contributed by atoms with Gasteiger partial charge in [0.25, 0.3) is 0 Å². The van der Waals surface area contributed by atoms with Gasteiger partial charge in [0.2, 0.25) is 0 Å². The summed E-state index contributed by atoms with van der Waals surface area (Å²) < 4.78 is 37.9. The lowest BCUT2D eigenvalue weighted by molar-refractivity contribution is -0.137. The molecule has 0 atom stereocenters. The lowest BCUT2D eigenvalue weighted by Gasteiger charge is -2.08. The Balaban J connectivity index is 2.33. The third kappa shape index (κ3) is 2.75. The van der Waals surface area contributed by atoms with Crippen LogP contribution in [0.4, 0.5) is 18.9 Å². The van der Waals surface area contributed by atoms with Crippen LogP contribution in [0.1, 0.15) is 11.3 Å². The Labute approximate surface area is 95.8 Å². The van der Waals surface area contributed by atoms with Crippen molar-refractivity contribution in [2.45, 2.75) is 6.18 Å². The standard InChI is InChI=1S/C12H9F3N2/c13-12(14,15)10-5-1-2-6-11(10)17-8-9-4-3-7-16-9/h1-8,16H. The highest BCUT2D eigenvalue weighted by Crippen LogP contribution is 2.35. The summed E-state index contributed by atoms with van der Waals surface area (Å²) in [6.45, 7) is 0. The van der Waals surface area contributed by atoms with Gasteiger partial charge in [-0.2, -0.15) is 13.2 Å². The second-order valence-electron chi connectivity index (χ2n) is 3.40. The molecule has 0 bridgehead atoms. The molecule has 17 heavy (non-hydrogen) atoms. The fourth-order valence-electron chi connectivity index (χ4n) is 1.39. The Morgan fingerprint density at radius 1 is 1.06 bits per heavy atom. The molecule has 0 aliphatic carbocycles. The number of H-pyrrole nitrogens is 1. The summed E-state index contributed by atoms with van der Waals surface area (Å²) in [6, 6.07) is 8.69. The number of aliphatic imine (C=N–C) groups is 1. The smallest absolute Gasteiger partial charge is 0.360 e. The molecule has 5 heteroatoms. The van der Waals surface area contributed by atoms with Crippen molar-refractivity contribution in [2.75, 3.05) is 0 Å². The number of alkyl halides is 3. The SMILES string of the molecule is FC(F)(F)c1ccccc1N=Cc1ccc[nH]1. The van der Waals surface area contributed by atoms with Gasteiger partial charge in [-0.1, -0.05) is 12.1 Å². The van der Waals surface area contributed by atoms with Gasteiger partial charge in [-0.05, 0) is 24.3 Å². The van der Waals surface area contributed by atoms with Crippen LogP contribution in [0.2, 0.25) is 0 Å². The summed E-state index contributed by atoms with van der Waals surface area (Å²) in [4.78, 5) is 6.67. The van der Waals surface area contributed by atoms with Crippen LogP contribution in [0, 0.1) is 0 Å². The molecule has 0 aliphatic rings. The van der Waals surface area contributed by atoms with Gasteiger partial charge in [0.1, 0.15) is 0 Å². The van der Waals surface area contributed by atoms with Crippen molar-refractivity contribution in [1.29, 1.82) is 0 Å². The van der Waals surface area contributed by atoms with Crippen molar-refractivity contribution in [1.82, 2.24) is 4.98 Å². The first-order valence-electron chi connectivity index (χ1n) is 4.91. The molecule has 1 aromatic carbocycles. The van der Waals surface area contributed by atoms with Gasteiger partial charge in [-0.15, -0.1) is 0 Å². The zero-order valence-corrected chi connectivity index (χ0v) is 8.70. The van der Waals surface area contributed by atoms with Crippen molar-refractivity contribution in [3.05, 3.63) is 53.9 Å². The zero-order valence-electron chi connectivity index (χ0n) is 8.70. The lowest BCUT2D eigenvalue weighted by Crippen LogP contribution is -2.04. The van der Waals surface area contributed by atoms with Crippen LogP contribution >= 0.6 is 0 Å². The summed E-state index contributed by atoms with van der Waals surface area (Å²) in [5, 5.41) is 0. The summed E-state index contributed by atoms with van der Waals surface area (Å²) in [5.41, 5.74) is -0.167. The van der Waals surface area contributed by atoms with E-state index in [0.717, 1.165) is 6.07 Å². The van der Waals surface area contributed by atoms with Crippen LogP contribution in [-0.4, -0.2) is 11.2 Å². The fourth-order valence-corrected chi connectivity index (χ4v) is 1.39. The number of rotatable bonds is 2. The first kappa shape index (κ1) is 11.4. The van der Waals surface area contributed by atoms with E-state index >= 15 is 0 Å². The minimum absolute atomic E-state index is 0.0883. The van der Waals surface area contributed by atoms with Gasteiger partial charge in [0.15, 0.2) is 0 Å². The number of nitrogens with one attached hydrogen (secondary N) is 1. The number of para-hydroxylation sites is 1. The molecule has 1 N–H and O–H groups in total. The van der Waals surface area contributed by atoms with Crippen LogP contribution in [0.25, 0.3) is 0 Å². The summed E-state index contributed by atoms with van der Waals surface area (Å²) in [6.07, 6.45) is -1.34. The topological polar surface area (TPSA) is 28.1 Å². The molecule has 0 amide bonds. The van der Waals surface area contributed by atoms with Crippen molar-refractivity contribution in [3.63, 3.8) is 0 Å². The van der Waals surface area contributed by atoms with Gasteiger partial charge in [0, 0.05) is 6.20 Å². The Morgan fingerprint density at radius 2 is 1.82 bits per heavy atom. The molecule has 1 aromatic heterocycles. The van der Waals surface area contributed by atoms with E-state index in [0.29, 0.717) is 5.69 Å². The van der Waals surface area contributed by atoms with Gasteiger partial charge in [-0.25, -0.2) is 0 Å². The molecular formula is C12H9F3N2. The maximum atomic E-state index is 12.6. The number of hydrogen-bond acceptors (Lipinski definition) is 1. The molecule has 1 heterocycles. The van der Waals surface area contributed by atoms with Gasteiger partial charge in [-0.3, -0.25) is 4.99 Å². The average molecular weight is 238 g/mol. The Morgan fingerprint density at radius 3 is 2.47 bits per heavy atom. The predicted molar refractivity (Wildman–Crippen MR) is 59.5 cm³/mol. The van der Waals surface area contributed by atoms with Crippen molar-refractivity contribution < 1.29 is 13.2 Å². The van der Waals surface area contributed by atoms with E-state index in [1.54, 1.807) is 18.3 Å². The molecule has 2 rings (SSSR count). The number of nitrogens with zero attached hydrogens (tertiary/aromatic N) is 1. The predicted octanol–water partition coefficient (Wildman–Crippen LogP) is 3.78. The number of aromatic amines is 1. The van der Waals surface area contributed by atoms with Crippen molar-refractivity contribution >= 4 is 11.9 Å². The molecule has 2 aromatic rings. The molecule has 0 fully saturated rings. The molecule has 0 saturated carbocycles. The Hall–Kier alpha value is -2.04. The maximum Gasteiger partial charge on any atom is 0.418 e. The summed E-state index contributed by atoms with van der Waals surface area (Å²) in [5.74, 6) is 0. The minimum atomic E-state index is -4.39.